The first-order valence-electron chi connectivity index (χ1n) is 12.2. The molecule has 2 heterocycles. The first-order valence-corrected chi connectivity index (χ1v) is 12.2. The summed E-state index contributed by atoms with van der Waals surface area (Å²) in [6.45, 7) is 3.10. The van der Waals surface area contributed by atoms with E-state index < -0.39 is 17.7 Å². The number of carbonyl (C=O) groups excluding carboxylic acids is 2. The molecule has 0 bridgehead atoms. The van der Waals surface area contributed by atoms with Crippen LogP contribution in [-0.2, 0) is 35.0 Å². The van der Waals surface area contributed by atoms with Crippen molar-refractivity contribution < 1.29 is 27.5 Å². The number of anilines is 1. The van der Waals surface area contributed by atoms with Gasteiger partial charge < -0.3 is 19.2 Å². The molecule has 1 saturated heterocycles. The Labute approximate surface area is 219 Å². The molecule has 0 amide bonds. The molecule has 0 unspecified atom stereocenters. The van der Waals surface area contributed by atoms with Gasteiger partial charge in [-0.05, 0) is 48.2 Å². The molecule has 11 heteroatoms. The number of esters is 1. The first-order chi connectivity index (χ1) is 18.3. The largest absolute Gasteiger partial charge is 0.465 e. The van der Waals surface area contributed by atoms with Crippen LogP contribution in [0.15, 0.2) is 54.7 Å². The lowest BCUT2D eigenvalue weighted by atomic mass is 9.93. The zero-order valence-corrected chi connectivity index (χ0v) is 20.9. The number of aryl methyl sites for hydroxylation is 2. The van der Waals surface area contributed by atoms with Crippen molar-refractivity contribution in [2.75, 3.05) is 38.2 Å². The quantitative estimate of drug-likeness (QED) is 0.241. The SMILES string of the molecule is COC(=O)c1cccc(CCc2nc(Cc3ccc(N4CCN([B]C=O)CC4)cc3)ncc2C(F)(F)F)c1. The highest BCUT2D eigenvalue weighted by Crippen LogP contribution is 2.31. The molecular formula is C27H27BF3N4O3. The van der Waals surface area contributed by atoms with Gasteiger partial charge in [0.15, 0.2) is 0 Å². The van der Waals surface area contributed by atoms with Crippen LogP contribution >= 0.6 is 0 Å². The topological polar surface area (TPSA) is 75.6 Å². The van der Waals surface area contributed by atoms with Crippen molar-refractivity contribution in [3.05, 3.63) is 88.5 Å². The number of hydrogen-bond donors (Lipinski definition) is 0. The number of benzene rings is 2. The number of alkyl halides is 3. The van der Waals surface area contributed by atoms with Crippen molar-refractivity contribution >= 4 is 25.3 Å². The van der Waals surface area contributed by atoms with E-state index >= 15 is 0 Å². The van der Waals surface area contributed by atoms with Crippen LogP contribution in [0.5, 0.6) is 0 Å². The minimum absolute atomic E-state index is 0.0431. The van der Waals surface area contributed by atoms with Crippen LogP contribution in [0.2, 0.25) is 0 Å². The van der Waals surface area contributed by atoms with Gasteiger partial charge in [0.1, 0.15) is 5.82 Å². The minimum Gasteiger partial charge on any atom is -0.465 e. The first kappa shape index (κ1) is 27.3. The van der Waals surface area contributed by atoms with Gasteiger partial charge in [0.2, 0.25) is 0 Å². The molecule has 3 aromatic rings. The summed E-state index contributed by atoms with van der Waals surface area (Å²) in [4.78, 5) is 34.9. The Balaban J connectivity index is 1.45. The van der Waals surface area contributed by atoms with E-state index in [-0.39, 0.29) is 18.5 Å². The van der Waals surface area contributed by atoms with E-state index in [0.29, 0.717) is 23.4 Å². The van der Waals surface area contributed by atoms with Gasteiger partial charge in [0, 0.05) is 44.5 Å². The van der Waals surface area contributed by atoms with Crippen LogP contribution in [0.3, 0.4) is 0 Å². The number of carbonyl (C=O) groups is 2. The van der Waals surface area contributed by atoms with Crippen LogP contribution < -0.4 is 4.90 Å². The van der Waals surface area contributed by atoms with E-state index in [1.807, 2.05) is 29.1 Å². The fraction of sp³-hybridized carbons (Fsp3) is 0.333. The van der Waals surface area contributed by atoms with Gasteiger partial charge in [-0.3, -0.25) is 0 Å². The molecule has 0 spiro atoms. The zero-order valence-electron chi connectivity index (χ0n) is 20.9. The number of methoxy groups -OCH3 is 1. The number of nitrogens with zero attached hydrogens (tertiary/aromatic N) is 4. The Morgan fingerprint density at radius 3 is 2.45 bits per heavy atom. The number of hydrogen-bond acceptors (Lipinski definition) is 7. The minimum atomic E-state index is -4.57. The number of rotatable bonds is 9. The maximum absolute atomic E-state index is 13.7. The average molecular weight is 523 g/mol. The molecule has 1 radical (unpaired) electrons. The lowest BCUT2D eigenvalue weighted by Crippen LogP contribution is -2.48. The van der Waals surface area contributed by atoms with Crippen LogP contribution in [0.25, 0.3) is 0 Å². The molecule has 38 heavy (non-hydrogen) atoms. The lowest BCUT2D eigenvalue weighted by molar-refractivity contribution is -0.138. The van der Waals surface area contributed by atoms with E-state index in [1.165, 1.54) is 7.11 Å². The second-order valence-corrected chi connectivity index (χ2v) is 8.99. The average Bonchev–Trinajstić information content (AvgIpc) is 2.92. The highest BCUT2D eigenvalue weighted by molar-refractivity contribution is 6.64. The third-order valence-electron chi connectivity index (χ3n) is 6.47. The molecule has 197 valence electrons. The molecule has 0 N–H and O–H groups in total. The van der Waals surface area contributed by atoms with Gasteiger partial charge >= 0.3 is 12.1 Å². The molecular weight excluding hydrogens is 496 g/mol. The number of aromatic nitrogens is 2. The molecule has 1 aromatic heterocycles. The number of piperazine rings is 1. The molecule has 2 aromatic carbocycles. The summed E-state index contributed by atoms with van der Waals surface area (Å²) in [5.41, 5.74) is 2.05. The Morgan fingerprint density at radius 1 is 1.05 bits per heavy atom. The fourth-order valence-corrected chi connectivity index (χ4v) is 4.43. The van der Waals surface area contributed by atoms with Gasteiger partial charge in [-0.25, -0.2) is 14.8 Å². The van der Waals surface area contributed by atoms with Crippen LogP contribution in [0, 0.1) is 0 Å². The predicted octanol–water partition coefficient (Wildman–Crippen LogP) is 3.59. The second-order valence-electron chi connectivity index (χ2n) is 8.99. The van der Waals surface area contributed by atoms with Crippen molar-refractivity contribution in [1.82, 2.24) is 14.8 Å². The number of halogens is 3. The maximum atomic E-state index is 13.7. The monoisotopic (exact) mass is 523 g/mol. The summed E-state index contributed by atoms with van der Waals surface area (Å²) >= 11 is 0. The smallest absolute Gasteiger partial charge is 0.419 e. The Bertz CT molecular complexity index is 1260. The molecule has 0 saturated carbocycles. The third-order valence-corrected chi connectivity index (χ3v) is 6.47. The van der Waals surface area contributed by atoms with Crippen LogP contribution in [0.4, 0.5) is 18.9 Å². The standard InChI is InChI=1S/C27H27BF3N4O3/c1-38-26(37)21-4-2-3-19(15-21)7-10-24-23(27(29,30)31)17-32-25(33-24)16-20-5-8-22(9-6-20)34-11-13-35(14-12-34)28-18-36/h2-6,8-9,15,17-18H,7,10-14,16H2,1H3. The van der Waals surface area contributed by atoms with E-state index in [1.54, 1.807) is 31.7 Å². The van der Waals surface area contributed by atoms with Gasteiger partial charge in [0.05, 0.1) is 30.1 Å². The molecule has 7 nitrogen and oxygen atoms in total. The summed E-state index contributed by atoms with van der Waals surface area (Å²) in [5, 5.41) is 0. The molecule has 4 rings (SSSR count). The van der Waals surface area contributed by atoms with Crippen molar-refractivity contribution in [3.63, 3.8) is 0 Å². The summed E-state index contributed by atoms with van der Waals surface area (Å²) < 4.78 is 45.7. The van der Waals surface area contributed by atoms with Crippen LogP contribution in [-0.4, -0.2) is 67.6 Å². The Kier molecular flexibility index (Phi) is 8.78. The predicted molar refractivity (Wildman–Crippen MR) is 138 cm³/mol. The third kappa shape index (κ3) is 6.98. The zero-order chi connectivity index (χ0) is 27.1. The van der Waals surface area contributed by atoms with Gasteiger partial charge in [-0.2, -0.15) is 13.2 Å². The van der Waals surface area contributed by atoms with Crippen molar-refractivity contribution in [2.24, 2.45) is 0 Å². The maximum Gasteiger partial charge on any atom is 0.419 e. The Morgan fingerprint density at radius 2 is 1.79 bits per heavy atom. The van der Waals surface area contributed by atoms with Crippen molar-refractivity contribution in [2.45, 2.75) is 25.4 Å². The van der Waals surface area contributed by atoms with Gasteiger partial charge in [-0.15, -0.1) is 0 Å². The highest BCUT2D eigenvalue weighted by Gasteiger charge is 2.34. The van der Waals surface area contributed by atoms with Gasteiger partial charge in [-0.1, -0.05) is 24.3 Å². The van der Waals surface area contributed by atoms with Crippen LogP contribution in [0.1, 0.15) is 38.6 Å². The number of ether oxygens (including phenoxy) is 1. The molecule has 1 aliphatic rings. The molecule has 0 aliphatic carbocycles. The normalized spacial score (nSPS) is 14.3. The summed E-state index contributed by atoms with van der Waals surface area (Å²) in [6, 6.07) is 14.5. The second kappa shape index (κ2) is 12.2. The Hall–Kier alpha value is -3.73. The lowest BCUT2D eigenvalue weighted by Gasteiger charge is -2.35. The van der Waals surface area contributed by atoms with E-state index in [0.717, 1.165) is 49.8 Å². The van der Waals surface area contributed by atoms with Crippen molar-refractivity contribution in [1.29, 1.82) is 0 Å². The summed E-state index contributed by atoms with van der Waals surface area (Å²) in [5.74, 6) is -0.195. The summed E-state index contributed by atoms with van der Waals surface area (Å²) in [6.07, 6.45) is -2.31. The van der Waals surface area contributed by atoms with Gasteiger partial charge in [0.25, 0.3) is 7.41 Å². The fourth-order valence-electron chi connectivity index (χ4n) is 4.43. The highest BCUT2D eigenvalue weighted by atomic mass is 19.4. The van der Waals surface area contributed by atoms with E-state index in [4.69, 9.17) is 4.74 Å². The summed E-state index contributed by atoms with van der Waals surface area (Å²) in [7, 11) is 2.83. The van der Waals surface area contributed by atoms with E-state index in [9.17, 15) is 22.8 Å². The molecule has 0 atom stereocenters. The van der Waals surface area contributed by atoms with Crippen molar-refractivity contribution in [3.8, 4) is 0 Å². The molecule has 1 aliphatic heterocycles. The molecule has 1 fully saturated rings. The van der Waals surface area contributed by atoms with E-state index in [2.05, 4.69) is 14.9 Å².